The van der Waals surface area contributed by atoms with Gasteiger partial charge in [0, 0.05) is 19.4 Å². The van der Waals surface area contributed by atoms with Crippen LogP contribution in [0.15, 0.2) is 0 Å². The maximum absolute atomic E-state index is 11.2. The Bertz CT molecular complexity index is 332. The van der Waals surface area contributed by atoms with Crippen LogP contribution >= 0.6 is 11.6 Å². The zero-order valence-electron chi connectivity index (χ0n) is 12.8. The van der Waals surface area contributed by atoms with E-state index < -0.39 is 37.3 Å². The van der Waals surface area contributed by atoms with Crippen molar-refractivity contribution in [3.8, 4) is 0 Å². The number of aliphatic hydroxyl groups excluding tert-OH is 3. The van der Waals surface area contributed by atoms with E-state index in [0.717, 1.165) is 25.7 Å². The zero-order valence-corrected chi connectivity index (χ0v) is 13.5. The van der Waals surface area contributed by atoms with Crippen LogP contribution < -0.4 is 5.32 Å². The van der Waals surface area contributed by atoms with Gasteiger partial charge in [-0.1, -0.05) is 12.8 Å². The molecule has 1 aliphatic heterocycles. The summed E-state index contributed by atoms with van der Waals surface area (Å²) < 4.78 is 11.0. The Kier molecular flexibility index (Phi) is 9.23. The van der Waals surface area contributed by atoms with Crippen molar-refractivity contribution in [1.29, 1.82) is 0 Å². The van der Waals surface area contributed by atoms with Crippen LogP contribution in [0, 0.1) is 0 Å². The molecule has 8 heteroatoms. The molecule has 5 atom stereocenters. The van der Waals surface area contributed by atoms with Gasteiger partial charge in [-0.05, 0) is 12.8 Å². The summed E-state index contributed by atoms with van der Waals surface area (Å²) in [4.78, 5) is 11.2. The van der Waals surface area contributed by atoms with Gasteiger partial charge in [0.05, 0.1) is 6.61 Å². The molecule has 0 unspecified atom stereocenters. The highest BCUT2D eigenvalue weighted by molar-refractivity contribution is 6.17. The molecule has 4 N–H and O–H groups in total. The highest BCUT2D eigenvalue weighted by Crippen LogP contribution is 2.22. The molecule has 0 aromatic heterocycles. The van der Waals surface area contributed by atoms with Gasteiger partial charge < -0.3 is 30.1 Å². The van der Waals surface area contributed by atoms with Crippen molar-refractivity contribution < 1.29 is 29.6 Å². The number of halogens is 1. The summed E-state index contributed by atoms with van der Waals surface area (Å²) in [6.45, 7) is 1.26. The van der Waals surface area contributed by atoms with Crippen LogP contribution in [0.1, 0.15) is 32.6 Å². The summed E-state index contributed by atoms with van der Waals surface area (Å²) in [6.07, 6.45) is -0.692. The second kappa shape index (κ2) is 10.4. The van der Waals surface area contributed by atoms with Crippen LogP contribution in [0.2, 0.25) is 0 Å². The predicted octanol–water partition coefficient (Wildman–Crippen LogP) is -0.254. The van der Waals surface area contributed by atoms with Crippen molar-refractivity contribution in [2.75, 3.05) is 19.1 Å². The average molecular weight is 340 g/mol. The van der Waals surface area contributed by atoms with Crippen LogP contribution in [-0.4, -0.2) is 71.0 Å². The first-order valence-electron chi connectivity index (χ1n) is 7.58. The Balaban J connectivity index is 2.52. The quantitative estimate of drug-likeness (QED) is 0.341. The van der Waals surface area contributed by atoms with Crippen LogP contribution in [0.5, 0.6) is 0 Å². The molecule has 0 aliphatic carbocycles. The number of hydrogen-bond acceptors (Lipinski definition) is 6. The number of nitrogens with one attached hydrogen (secondary N) is 1. The summed E-state index contributed by atoms with van der Waals surface area (Å²) in [6, 6.07) is -0.877. The number of unbranched alkanes of at least 4 members (excludes halogenated alkanes) is 3. The minimum atomic E-state index is -1.29. The van der Waals surface area contributed by atoms with Gasteiger partial charge in [0.15, 0.2) is 6.29 Å². The van der Waals surface area contributed by atoms with Gasteiger partial charge >= 0.3 is 0 Å². The first kappa shape index (κ1) is 19.6. The van der Waals surface area contributed by atoms with E-state index in [9.17, 15) is 20.1 Å². The summed E-state index contributed by atoms with van der Waals surface area (Å²) >= 11 is 5.60. The SMILES string of the molecule is CC(=O)N[C@H]1[C@H](OCCCCCCCl)O[C@H](CO)[C@@H](O)[C@@H]1O. The topological polar surface area (TPSA) is 108 Å². The number of rotatable bonds is 9. The summed E-state index contributed by atoms with van der Waals surface area (Å²) in [5, 5.41) is 31.6. The van der Waals surface area contributed by atoms with Crippen molar-refractivity contribution >= 4 is 17.5 Å². The van der Waals surface area contributed by atoms with Gasteiger partial charge in [-0.3, -0.25) is 4.79 Å². The van der Waals surface area contributed by atoms with Gasteiger partial charge in [0.2, 0.25) is 5.91 Å². The lowest BCUT2D eigenvalue weighted by Crippen LogP contribution is -2.64. The normalized spacial score (nSPS) is 32.0. The molecule has 1 saturated heterocycles. The molecule has 130 valence electrons. The number of carbonyl (C=O) groups excluding carboxylic acids is 1. The highest BCUT2D eigenvalue weighted by Gasteiger charge is 2.45. The van der Waals surface area contributed by atoms with Crippen molar-refractivity contribution in [3.63, 3.8) is 0 Å². The molecule has 1 fully saturated rings. The zero-order chi connectivity index (χ0) is 16.5. The van der Waals surface area contributed by atoms with Gasteiger partial charge in [0.1, 0.15) is 24.4 Å². The molecule has 7 nitrogen and oxygen atoms in total. The average Bonchev–Trinajstić information content (AvgIpc) is 2.49. The minimum Gasteiger partial charge on any atom is -0.394 e. The number of hydrogen-bond donors (Lipinski definition) is 4. The van der Waals surface area contributed by atoms with Crippen molar-refractivity contribution in [2.45, 2.75) is 63.3 Å². The lowest BCUT2D eigenvalue weighted by Gasteiger charge is -2.42. The Labute approximate surface area is 135 Å². The smallest absolute Gasteiger partial charge is 0.217 e. The molecule has 0 aromatic carbocycles. The monoisotopic (exact) mass is 339 g/mol. The molecule has 0 aromatic rings. The Morgan fingerprint density at radius 2 is 1.91 bits per heavy atom. The summed E-state index contributed by atoms with van der Waals surface area (Å²) in [7, 11) is 0. The molecule has 1 aliphatic rings. The van der Waals surface area contributed by atoms with E-state index in [4.69, 9.17) is 21.1 Å². The van der Waals surface area contributed by atoms with Gasteiger partial charge in [-0.2, -0.15) is 0 Å². The van der Waals surface area contributed by atoms with E-state index >= 15 is 0 Å². The maximum Gasteiger partial charge on any atom is 0.217 e. The number of ether oxygens (including phenoxy) is 2. The fraction of sp³-hybridized carbons (Fsp3) is 0.929. The second-order valence-corrected chi connectivity index (χ2v) is 5.78. The summed E-state index contributed by atoms with van der Waals surface area (Å²) in [5.41, 5.74) is 0. The van der Waals surface area contributed by atoms with Crippen molar-refractivity contribution in [3.05, 3.63) is 0 Å². The fourth-order valence-electron chi connectivity index (χ4n) is 2.36. The standard InChI is InChI=1S/C14H26ClNO6/c1-9(18)16-11-13(20)12(19)10(8-17)22-14(11)21-7-5-3-2-4-6-15/h10-14,17,19-20H,2-8H2,1H3,(H,16,18)/t10-,11-,12-,13-,14-/m1/s1. The van der Waals surface area contributed by atoms with Crippen LogP contribution in [0.3, 0.4) is 0 Å². The van der Waals surface area contributed by atoms with Gasteiger partial charge in [0.25, 0.3) is 0 Å². The van der Waals surface area contributed by atoms with Gasteiger partial charge in [-0.15, -0.1) is 11.6 Å². The predicted molar refractivity (Wildman–Crippen MR) is 80.5 cm³/mol. The van der Waals surface area contributed by atoms with E-state index in [2.05, 4.69) is 5.32 Å². The number of carbonyl (C=O) groups is 1. The van der Waals surface area contributed by atoms with Gasteiger partial charge in [-0.25, -0.2) is 0 Å². The van der Waals surface area contributed by atoms with Crippen molar-refractivity contribution in [2.24, 2.45) is 0 Å². The van der Waals surface area contributed by atoms with Crippen LogP contribution in [0.4, 0.5) is 0 Å². The van der Waals surface area contributed by atoms with E-state index in [1.807, 2.05) is 0 Å². The number of amides is 1. The van der Waals surface area contributed by atoms with Crippen molar-refractivity contribution in [1.82, 2.24) is 5.32 Å². The molecule has 1 heterocycles. The van der Waals surface area contributed by atoms with E-state index in [0.29, 0.717) is 12.5 Å². The molecule has 22 heavy (non-hydrogen) atoms. The van der Waals surface area contributed by atoms with E-state index in [1.165, 1.54) is 6.92 Å². The Morgan fingerprint density at radius 1 is 1.23 bits per heavy atom. The Hall–Kier alpha value is -0.440. The third kappa shape index (κ3) is 5.98. The Morgan fingerprint density at radius 3 is 2.50 bits per heavy atom. The molecule has 0 spiro atoms. The molecule has 0 bridgehead atoms. The first-order chi connectivity index (χ1) is 10.5. The van der Waals surface area contributed by atoms with E-state index in [-0.39, 0.29) is 5.91 Å². The molecule has 0 radical (unpaired) electrons. The van der Waals surface area contributed by atoms with Crippen LogP contribution in [0.25, 0.3) is 0 Å². The third-order valence-corrected chi connectivity index (χ3v) is 3.83. The molecule has 1 amide bonds. The molecular formula is C14H26ClNO6. The van der Waals surface area contributed by atoms with E-state index in [1.54, 1.807) is 0 Å². The maximum atomic E-state index is 11.2. The first-order valence-corrected chi connectivity index (χ1v) is 8.11. The second-order valence-electron chi connectivity index (χ2n) is 5.41. The minimum absolute atomic E-state index is 0.363. The largest absolute Gasteiger partial charge is 0.394 e. The highest BCUT2D eigenvalue weighted by atomic mass is 35.5. The molecule has 1 rings (SSSR count). The number of alkyl halides is 1. The van der Waals surface area contributed by atoms with Crippen LogP contribution in [-0.2, 0) is 14.3 Å². The number of aliphatic hydroxyl groups is 3. The lowest BCUT2D eigenvalue weighted by atomic mass is 9.97. The molecular weight excluding hydrogens is 314 g/mol. The third-order valence-electron chi connectivity index (χ3n) is 3.56. The summed E-state index contributed by atoms with van der Waals surface area (Å²) in [5.74, 6) is 0.275. The fourth-order valence-corrected chi connectivity index (χ4v) is 2.55. The lowest BCUT2D eigenvalue weighted by molar-refractivity contribution is -0.270. The molecule has 0 saturated carbocycles.